The quantitative estimate of drug-likeness (QED) is 0.239. The van der Waals surface area contributed by atoms with Gasteiger partial charge in [0, 0.05) is 34.5 Å². The van der Waals surface area contributed by atoms with Gasteiger partial charge in [0.1, 0.15) is 22.8 Å². The fraction of sp³-hybridized carbons (Fsp3) is 0.111. The Balaban J connectivity index is 1.36. The Morgan fingerprint density at radius 1 is 0.805 bits per heavy atom. The summed E-state index contributed by atoms with van der Waals surface area (Å²) in [5.74, 6) is 2.06. The first-order valence-electron chi connectivity index (χ1n) is 13.9. The van der Waals surface area contributed by atoms with E-state index in [9.17, 15) is 5.11 Å². The number of nitrogens with zero attached hydrogens (tertiary/aromatic N) is 3. The fourth-order valence-electron chi connectivity index (χ4n) is 5.64. The van der Waals surface area contributed by atoms with E-state index in [-0.39, 0.29) is 5.75 Å². The maximum Gasteiger partial charge on any atom is 0.219 e. The van der Waals surface area contributed by atoms with Crippen molar-refractivity contribution >= 4 is 32.7 Å². The molecule has 7 rings (SSSR count). The van der Waals surface area contributed by atoms with Crippen LogP contribution in [0.4, 0.5) is 0 Å². The van der Waals surface area contributed by atoms with Crippen molar-refractivity contribution in [2.75, 3.05) is 0 Å². The van der Waals surface area contributed by atoms with Gasteiger partial charge < -0.3 is 9.84 Å². The second-order valence-electron chi connectivity index (χ2n) is 10.4. The Bertz CT molecular complexity index is 2080. The molecule has 5 nitrogen and oxygen atoms in total. The number of aryl methyl sites for hydroxylation is 3. The highest BCUT2D eigenvalue weighted by Gasteiger charge is 2.17. The lowest BCUT2D eigenvalue weighted by atomic mass is 10.0. The van der Waals surface area contributed by atoms with E-state index in [0.717, 1.165) is 45.2 Å². The van der Waals surface area contributed by atoms with Crippen LogP contribution in [0.15, 0.2) is 103 Å². The third-order valence-electron chi connectivity index (χ3n) is 7.99. The third kappa shape index (κ3) is 4.18. The molecule has 0 fully saturated rings. The summed E-state index contributed by atoms with van der Waals surface area (Å²) in [6.45, 7) is 6.44. The lowest BCUT2D eigenvalue weighted by molar-refractivity contribution is 0.460. The van der Waals surface area contributed by atoms with Crippen LogP contribution < -0.4 is 4.74 Å². The summed E-state index contributed by atoms with van der Waals surface area (Å²) in [5.41, 5.74) is 8.40. The molecule has 1 N–H and O–H groups in total. The van der Waals surface area contributed by atoms with Crippen molar-refractivity contribution in [2.45, 2.75) is 27.2 Å². The van der Waals surface area contributed by atoms with Crippen LogP contribution in [0.2, 0.25) is 0 Å². The zero-order valence-corrected chi connectivity index (χ0v) is 23.2. The predicted molar refractivity (Wildman–Crippen MR) is 166 cm³/mol. The molecule has 3 aromatic heterocycles. The minimum atomic E-state index is 0.119. The van der Waals surface area contributed by atoms with E-state index in [0.29, 0.717) is 17.1 Å². The molecule has 0 aliphatic carbocycles. The second kappa shape index (κ2) is 9.79. The van der Waals surface area contributed by atoms with Crippen LogP contribution in [0.3, 0.4) is 0 Å². The van der Waals surface area contributed by atoms with Gasteiger partial charge in [0.2, 0.25) is 5.88 Å². The van der Waals surface area contributed by atoms with Gasteiger partial charge in [-0.1, -0.05) is 55.5 Å². The monoisotopic (exact) mass is 535 g/mol. The van der Waals surface area contributed by atoms with Gasteiger partial charge in [0.05, 0.1) is 11.0 Å². The summed E-state index contributed by atoms with van der Waals surface area (Å²) in [6.07, 6.45) is 2.89. The van der Waals surface area contributed by atoms with Gasteiger partial charge in [-0.15, -0.1) is 0 Å². The van der Waals surface area contributed by atoms with Crippen molar-refractivity contribution in [1.29, 1.82) is 0 Å². The van der Waals surface area contributed by atoms with E-state index in [1.807, 2.05) is 54.7 Å². The number of hydrogen-bond acceptors (Lipinski definition) is 4. The maximum atomic E-state index is 10.7. The molecule has 0 spiro atoms. The molecular formula is C36H29N3O2. The zero-order valence-electron chi connectivity index (χ0n) is 23.2. The highest BCUT2D eigenvalue weighted by molar-refractivity contribution is 6.10. The van der Waals surface area contributed by atoms with Crippen LogP contribution in [-0.4, -0.2) is 19.6 Å². The molecule has 0 unspecified atom stereocenters. The molecule has 0 radical (unpaired) electrons. The normalized spacial score (nSPS) is 11.5. The zero-order chi connectivity index (χ0) is 28.1. The predicted octanol–water partition coefficient (Wildman–Crippen LogP) is 9.07. The van der Waals surface area contributed by atoms with Crippen molar-refractivity contribution < 1.29 is 9.84 Å². The number of fused-ring (bicyclic) bond motifs is 4. The van der Waals surface area contributed by atoms with Crippen molar-refractivity contribution in [1.82, 2.24) is 14.5 Å². The number of benzene rings is 4. The van der Waals surface area contributed by atoms with Crippen molar-refractivity contribution in [3.05, 3.63) is 120 Å². The van der Waals surface area contributed by atoms with Crippen LogP contribution in [0.25, 0.3) is 49.7 Å². The summed E-state index contributed by atoms with van der Waals surface area (Å²) in [4.78, 5) is 9.55. The Hall–Kier alpha value is -5.16. The van der Waals surface area contributed by atoms with Gasteiger partial charge in [-0.2, -0.15) is 0 Å². The molecule has 4 aromatic carbocycles. The maximum absolute atomic E-state index is 10.7. The number of pyridine rings is 2. The summed E-state index contributed by atoms with van der Waals surface area (Å²) >= 11 is 0. The number of phenolic OH excluding ortho intramolecular Hbond substituents is 1. The molecule has 0 bridgehead atoms. The van der Waals surface area contributed by atoms with Crippen molar-refractivity contribution in [3.8, 4) is 34.3 Å². The van der Waals surface area contributed by atoms with E-state index in [1.165, 1.54) is 22.1 Å². The van der Waals surface area contributed by atoms with Gasteiger partial charge in [0.25, 0.3) is 0 Å². The van der Waals surface area contributed by atoms with Crippen LogP contribution >= 0.6 is 0 Å². The van der Waals surface area contributed by atoms with E-state index in [2.05, 4.69) is 67.8 Å². The fourth-order valence-corrected chi connectivity index (χ4v) is 5.64. The lowest BCUT2D eigenvalue weighted by Gasteiger charge is -2.12. The molecule has 0 saturated heterocycles. The first-order valence-corrected chi connectivity index (χ1v) is 13.9. The van der Waals surface area contributed by atoms with E-state index in [4.69, 9.17) is 14.7 Å². The van der Waals surface area contributed by atoms with Crippen molar-refractivity contribution in [3.63, 3.8) is 0 Å². The molecule has 3 heterocycles. The molecule has 5 heteroatoms. The average Bonchev–Trinajstić information content (AvgIpc) is 3.34. The Kier molecular flexibility index (Phi) is 5.93. The largest absolute Gasteiger partial charge is 0.506 e. The molecule has 0 aliphatic heterocycles. The average molecular weight is 536 g/mol. The van der Waals surface area contributed by atoms with E-state index in [1.54, 1.807) is 6.07 Å². The molecule has 200 valence electrons. The minimum Gasteiger partial charge on any atom is -0.506 e. The highest BCUT2D eigenvalue weighted by Crippen LogP contribution is 2.38. The van der Waals surface area contributed by atoms with Crippen LogP contribution in [0.5, 0.6) is 17.4 Å². The topological polar surface area (TPSA) is 60.2 Å². The minimum absolute atomic E-state index is 0.119. The highest BCUT2D eigenvalue weighted by atomic mass is 16.5. The van der Waals surface area contributed by atoms with Gasteiger partial charge in [-0.05, 0) is 84.5 Å². The van der Waals surface area contributed by atoms with Crippen molar-refractivity contribution in [2.24, 2.45) is 0 Å². The van der Waals surface area contributed by atoms with Gasteiger partial charge in [-0.3, -0.25) is 4.57 Å². The Morgan fingerprint density at radius 3 is 2.39 bits per heavy atom. The van der Waals surface area contributed by atoms with E-state index >= 15 is 0 Å². The molecular weight excluding hydrogens is 506 g/mol. The third-order valence-corrected chi connectivity index (χ3v) is 7.99. The smallest absolute Gasteiger partial charge is 0.219 e. The molecule has 7 aromatic rings. The lowest BCUT2D eigenvalue weighted by Crippen LogP contribution is -2.00. The van der Waals surface area contributed by atoms with Crippen LogP contribution in [0.1, 0.15) is 23.6 Å². The first-order chi connectivity index (χ1) is 20.0. The number of rotatable bonds is 5. The molecule has 0 atom stereocenters. The molecule has 41 heavy (non-hydrogen) atoms. The number of hydrogen-bond donors (Lipinski definition) is 1. The number of phenols is 1. The van der Waals surface area contributed by atoms with Gasteiger partial charge in [-0.25, -0.2) is 9.97 Å². The summed E-state index contributed by atoms with van der Waals surface area (Å²) in [7, 11) is 0. The SMILES string of the molecule is CCc1ccc(-n2c3cc(Oc4ccc5c(-c6ccccc6)ccc(O)c5n4)ccc3c3ccc(C)c(C)c32)nc1. The number of aromatic hydroxyl groups is 1. The summed E-state index contributed by atoms with van der Waals surface area (Å²) in [5, 5.41) is 13.9. The Labute approximate surface area is 238 Å². The summed E-state index contributed by atoms with van der Waals surface area (Å²) < 4.78 is 8.54. The molecule has 0 aliphatic rings. The van der Waals surface area contributed by atoms with Gasteiger partial charge >= 0.3 is 0 Å². The Morgan fingerprint density at radius 2 is 1.61 bits per heavy atom. The standard InChI is InChI=1S/C36H29N3O2/c1-4-24-11-18-33(37-21-24)39-31-20-26(12-14-28(31)30-13-10-22(2)23(3)36(30)39)41-34-19-16-29-27(25-8-6-5-7-9-25)15-17-32(40)35(29)38-34/h5-21,40H,4H2,1-3H3. The number of aromatic nitrogens is 3. The number of ether oxygens (including phenoxy) is 1. The molecule has 0 saturated carbocycles. The van der Waals surface area contributed by atoms with Gasteiger partial charge in [0.15, 0.2) is 0 Å². The molecule has 0 amide bonds. The second-order valence-corrected chi connectivity index (χ2v) is 10.4. The van der Waals surface area contributed by atoms with Crippen LogP contribution in [-0.2, 0) is 6.42 Å². The first kappa shape index (κ1) is 24.9. The summed E-state index contributed by atoms with van der Waals surface area (Å²) in [6, 6.07) is 32.2. The van der Waals surface area contributed by atoms with E-state index < -0.39 is 0 Å². The van der Waals surface area contributed by atoms with Crippen LogP contribution in [0, 0.1) is 13.8 Å².